The van der Waals surface area contributed by atoms with Crippen LogP contribution in [-0.4, -0.2) is 12.2 Å². The Bertz CT molecular complexity index is 1040. The Labute approximate surface area is 196 Å². The van der Waals surface area contributed by atoms with Gasteiger partial charge in [-0.2, -0.15) is 0 Å². The molecule has 9 heteroatoms. The fraction of sp³-hybridized carbons (Fsp3) is 0.143. The molecule has 0 radical (unpaired) electrons. The van der Waals surface area contributed by atoms with Gasteiger partial charge in [-0.15, -0.1) is 0 Å². The third kappa shape index (κ3) is 5.06. The Hall–Kier alpha value is -1.86. The second-order valence-electron chi connectivity index (χ2n) is 6.19. The molecule has 0 saturated carbocycles. The van der Waals surface area contributed by atoms with Gasteiger partial charge >= 0.3 is 0 Å². The van der Waals surface area contributed by atoms with Crippen LogP contribution in [0.15, 0.2) is 46.9 Å². The van der Waals surface area contributed by atoms with Crippen molar-refractivity contribution in [3.8, 4) is 17.2 Å². The number of nitrogens with one attached hydrogen (secondary N) is 1. The molecule has 3 aromatic carbocycles. The van der Waals surface area contributed by atoms with Gasteiger partial charge in [0.25, 0.3) is 0 Å². The molecule has 0 unspecified atom stereocenters. The maximum absolute atomic E-state index is 14.1. The molecule has 3 rings (SSSR count). The second kappa shape index (κ2) is 9.96. The van der Waals surface area contributed by atoms with Crippen molar-refractivity contribution < 1.29 is 19.0 Å². The van der Waals surface area contributed by atoms with Crippen LogP contribution in [0.3, 0.4) is 0 Å². The SMILES string of the molecule is COc1ccc(Br)c(CNc2cc(Cl)c(O)c(Cl)c2)c1OCc1c(F)cccc1Cl. The summed E-state index contributed by atoms with van der Waals surface area (Å²) in [5.41, 5.74) is 1.57. The molecule has 0 spiro atoms. The number of phenolic OH excluding ortho intramolecular Hbond substituents is 1. The van der Waals surface area contributed by atoms with Gasteiger partial charge in [0, 0.05) is 27.8 Å². The quantitative estimate of drug-likeness (QED) is 0.309. The molecule has 0 aromatic heterocycles. The minimum Gasteiger partial charge on any atom is -0.505 e. The summed E-state index contributed by atoms with van der Waals surface area (Å²) in [4.78, 5) is 0. The van der Waals surface area contributed by atoms with Crippen molar-refractivity contribution in [2.75, 3.05) is 12.4 Å². The first kappa shape index (κ1) is 22.8. The number of ether oxygens (including phenoxy) is 2. The minimum absolute atomic E-state index is 0.0812. The third-order valence-electron chi connectivity index (χ3n) is 4.30. The predicted molar refractivity (Wildman–Crippen MR) is 122 cm³/mol. The molecule has 3 aromatic rings. The predicted octanol–water partition coefficient (Wildman–Crippen LogP) is 7.45. The van der Waals surface area contributed by atoms with E-state index in [4.69, 9.17) is 44.3 Å². The molecule has 0 heterocycles. The number of methoxy groups -OCH3 is 1. The third-order valence-corrected chi connectivity index (χ3v) is 5.97. The lowest BCUT2D eigenvalue weighted by Crippen LogP contribution is -2.07. The number of phenols is 1. The molecule has 0 saturated heterocycles. The zero-order chi connectivity index (χ0) is 21.8. The van der Waals surface area contributed by atoms with Gasteiger partial charge < -0.3 is 19.9 Å². The molecular weight excluding hydrogens is 519 g/mol. The Morgan fingerprint density at radius 3 is 2.37 bits per heavy atom. The number of hydrogen-bond donors (Lipinski definition) is 2. The molecule has 0 fully saturated rings. The fourth-order valence-corrected chi connectivity index (χ4v) is 3.90. The number of anilines is 1. The Morgan fingerprint density at radius 2 is 1.73 bits per heavy atom. The van der Waals surface area contributed by atoms with Crippen molar-refractivity contribution in [3.63, 3.8) is 0 Å². The molecule has 0 aliphatic heterocycles. The fourth-order valence-electron chi connectivity index (χ4n) is 2.74. The molecular formula is C21H16BrCl3FNO3. The standard InChI is InChI=1S/C21H16BrCl3FNO3/c1-29-19-6-5-14(22)12(9-27-11-7-16(24)20(28)17(25)8-11)21(19)30-10-13-15(23)3-2-4-18(13)26/h2-8,27-28H,9-10H2,1H3. The van der Waals surface area contributed by atoms with E-state index in [2.05, 4.69) is 21.2 Å². The van der Waals surface area contributed by atoms with Crippen molar-refractivity contribution in [2.45, 2.75) is 13.2 Å². The highest BCUT2D eigenvalue weighted by Crippen LogP contribution is 2.39. The molecule has 0 aliphatic rings. The van der Waals surface area contributed by atoms with Crippen molar-refractivity contribution in [3.05, 3.63) is 78.9 Å². The summed E-state index contributed by atoms with van der Waals surface area (Å²) in [6.45, 7) is 0.220. The molecule has 30 heavy (non-hydrogen) atoms. The molecule has 0 amide bonds. The zero-order valence-corrected chi connectivity index (χ0v) is 19.5. The molecule has 2 N–H and O–H groups in total. The lowest BCUT2D eigenvalue weighted by atomic mass is 10.1. The Kier molecular flexibility index (Phi) is 7.58. The lowest BCUT2D eigenvalue weighted by Gasteiger charge is -2.18. The normalized spacial score (nSPS) is 10.7. The van der Waals surface area contributed by atoms with Crippen LogP contribution in [0.25, 0.3) is 0 Å². The van der Waals surface area contributed by atoms with Crippen LogP contribution in [0.4, 0.5) is 10.1 Å². The van der Waals surface area contributed by atoms with Gasteiger partial charge in [-0.1, -0.05) is 56.8 Å². The average molecular weight is 536 g/mol. The maximum atomic E-state index is 14.1. The van der Waals surface area contributed by atoms with Crippen LogP contribution in [-0.2, 0) is 13.2 Å². The van der Waals surface area contributed by atoms with Gasteiger partial charge in [-0.25, -0.2) is 4.39 Å². The summed E-state index contributed by atoms with van der Waals surface area (Å²) in [6.07, 6.45) is 0. The zero-order valence-electron chi connectivity index (χ0n) is 15.6. The molecule has 0 atom stereocenters. The van der Waals surface area contributed by atoms with E-state index in [1.54, 1.807) is 24.3 Å². The highest BCUT2D eigenvalue weighted by Gasteiger charge is 2.17. The van der Waals surface area contributed by atoms with Crippen LogP contribution in [0, 0.1) is 5.82 Å². The number of hydrogen-bond acceptors (Lipinski definition) is 4. The Balaban J connectivity index is 1.89. The largest absolute Gasteiger partial charge is 0.505 e. The van der Waals surface area contributed by atoms with E-state index < -0.39 is 5.82 Å². The van der Waals surface area contributed by atoms with Gasteiger partial charge in [-0.05, 0) is 36.4 Å². The smallest absolute Gasteiger partial charge is 0.167 e. The van der Waals surface area contributed by atoms with Crippen molar-refractivity contribution in [2.24, 2.45) is 0 Å². The first-order valence-electron chi connectivity index (χ1n) is 8.64. The minimum atomic E-state index is -0.454. The van der Waals surface area contributed by atoms with Gasteiger partial charge in [0.1, 0.15) is 12.4 Å². The molecule has 4 nitrogen and oxygen atoms in total. The van der Waals surface area contributed by atoms with Crippen LogP contribution >= 0.6 is 50.7 Å². The van der Waals surface area contributed by atoms with Crippen molar-refractivity contribution in [1.29, 1.82) is 0 Å². The molecule has 158 valence electrons. The monoisotopic (exact) mass is 533 g/mol. The highest BCUT2D eigenvalue weighted by atomic mass is 79.9. The summed E-state index contributed by atoms with van der Waals surface area (Å²) in [5.74, 6) is 0.264. The number of aromatic hydroxyl groups is 1. The van der Waals surface area contributed by atoms with Crippen molar-refractivity contribution >= 4 is 56.4 Å². The first-order chi connectivity index (χ1) is 14.3. The first-order valence-corrected chi connectivity index (χ1v) is 10.6. The van der Waals surface area contributed by atoms with E-state index in [9.17, 15) is 9.50 Å². The topological polar surface area (TPSA) is 50.7 Å². The van der Waals surface area contributed by atoms with Gasteiger partial charge in [0.15, 0.2) is 17.2 Å². The van der Waals surface area contributed by atoms with E-state index in [1.807, 2.05) is 6.07 Å². The molecule has 0 bridgehead atoms. The summed E-state index contributed by atoms with van der Waals surface area (Å²) >= 11 is 21.6. The van der Waals surface area contributed by atoms with Gasteiger partial charge in [0.2, 0.25) is 0 Å². The highest BCUT2D eigenvalue weighted by molar-refractivity contribution is 9.10. The van der Waals surface area contributed by atoms with E-state index in [1.165, 1.54) is 19.2 Å². The second-order valence-corrected chi connectivity index (χ2v) is 8.26. The maximum Gasteiger partial charge on any atom is 0.167 e. The van der Waals surface area contributed by atoms with E-state index in [-0.39, 0.29) is 33.0 Å². The summed E-state index contributed by atoms with van der Waals surface area (Å²) in [5, 5.41) is 13.4. The van der Waals surface area contributed by atoms with Crippen LogP contribution in [0.5, 0.6) is 17.2 Å². The summed E-state index contributed by atoms with van der Waals surface area (Å²) in [7, 11) is 1.52. The van der Waals surface area contributed by atoms with Crippen molar-refractivity contribution in [1.82, 2.24) is 0 Å². The van der Waals surface area contributed by atoms with Gasteiger partial charge in [0.05, 0.1) is 22.2 Å². The average Bonchev–Trinajstić information content (AvgIpc) is 2.71. The summed E-state index contributed by atoms with van der Waals surface area (Å²) < 4.78 is 26.2. The summed E-state index contributed by atoms with van der Waals surface area (Å²) in [6, 6.07) is 11.1. The Morgan fingerprint density at radius 1 is 1.03 bits per heavy atom. The van der Waals surface area contributed by atoms with Gasteiger partial charge in [-0.3, -0.25) is 0 Å². The van der Waals surface area contributed by atoms with E-state index in [0.29, 0.717) is 23.7 Å². The number of halogens is 5. The van der Waals surface area contributed by atoms with Crippen LogP contribution < -0.4 is 14.8 Å². The number of benzene rings is 3. The van der Waals surface area contributed by atoms with Crippen LogP contribution in [0.2, 0.25) is 15.1 Å². The van der Waals surface area contributed by atoms with Crippen LogP contribution in [0.1, 0.15) is 11.1 Å². The lowest BCUT2D eigenvalue weighted by molar-refractivity contribution is 0.277. The van der Waals surface area contributed by atoms with E-state index in [0.717, 1.165) is 10.0 Å². The van der Waals surface area contributed by atoms with E-state index >= 15 is 0 Å². The number of rotatable bonds is 7. The molecule has 0 aliphatic carbocycles.